The molecule has 3 rings (SSSR count). The maximum Gasteiger partial charge on any atom is 0.147 e. The maximum atomic E-state index is 12.4. The molecule has 2 fully saturated rings. The highest BCUT2D eigenvalue weighted by molar-refractivity contribution is 6.09. The number of carbonyl (C=O) groups is 2. The van der Waals surface area contributed by atoms with Gasteiger partial charge in [-0.05, 0) is 31.2 Å². The van der Waals surface area contributed by atoms with Gasteiger partial charge in [-0.25, -0.2) is 0 Å². The molecule has 18 heavy (non-hydrogen) atoms. The number of hydrogen-bond acceptors (Lipinski definition) is 2. The van der Waals surface area contributed by atoms with E-state index in [9.17, 15) is 9.59 Å². The molecule has 0 bridgehead atoms. The van der Waals surface area contributed by atoms with E-state index in [-0.39, 0.29) is 17.5 Å². The second-order valence-corrected chi connectivity index (χ2v) is 5.53. The van der Waals surface area contributed by atoms with E-state index in [1.807, 2.05) is 18.2 Å². The number of benzene rings is 1. The van der Waals surface area contributed by atoms with Crippen LogP contribution in [0.3, 0.4) is 0 Å². The summed E-state index contributed by atoms with van der Waals surface area (Å²) in [5.41, 5.74) is 0.500. The van der Waals surface area contributed by atoms with Crippen molar-refractivity contribution < 1.29 is 9.59 Å². The molecule has 0 aromatic heterocycles. The molecule has 2 aliphatic carbocycles. The van der Waals surface area contributed by atoms with Crippen LogP contribution in [-0.2, 0) is 9.59 Å². The summed E-state index contributed by atoms with van der Waals surface area (Å²) in [7, 11) is 0. The second kappa shape index (κ2) is 4.34. The minimum Gasteiger partial charge on any atom is -0.299 e. The van der Waals surface area contributed by atoms with Gasteiger partial charge in [0.25, 0.3) is 0 Å². The predicted octanol–water partition coefficient (Wildman–Crippen LogP) is 3.26. The lowest BCUT2D eigenvalue weighted by Gasteiger charge is -2.39. The average Bonchev–Trinajstić information content (AvgIpc) is 2.77. The van der Waals surface area contributed by atoms with Gasteiger partial charge < -0.3 is 0 Å². The summed E-state index contributed by atoms with van der Waals surface area (Å²) in [6.45, 7) is 0. The van der Waals surface area contributed by atoms with Crippen molar-refractivity contribution in [2.45, 2.75) is 44.4 Å². The van der Waals surface area contributed by atoms with Crippen LogP contribution in [0.25, 0.3) is 0 Å². The molecule has 2 atom stereocenters. The Morgan fingerprint density at radius 1 is 0.944 bits per heavy atom. The van der Waals surface area contributed by atoms with Gasteiger partial charge in [-0.15, -0.1) is 0 Å². The van der Waals surface area contributed by atoms with Gasteiger partial charge in [-0.2, -0.15) is 0 Å². The molecule has 2 saturated carbocycles. The van der Waals surface area contributed by atoms with E-state index in [4.69, 9.17) is 0 Å². The van der Waals surface area contributed by atoms with Crippen molar-refractivity contribution in [3.8, 4) is 0 Å². The molecule has 2 nitrogen and oxygen atoms in total. The zero-order valence-corrected chi connectivity index (χ0v) is 10.5. The lowest BCUT2D eigenvalue weighted by atomic mass is 9.61. The number of Topliss-reactive ketones (excluding diaryl/α,β-unsaturated/α-hetero) is 2. The van der Waals surface area contributed by atoms with Gasteiger partial charge in [0.2, 0.25) is 0 Å². The van der Waals surface area contributed by atoms with Crippen LogP contribution in [0.15, 0.2) is 30.3 Å². The third-order valence-corrected chi connectivity index (χ3v) is 4.66. The third-order valence-electron chi connectivity index (χ3n) is 4.66. The Kier molecular flexibility index (Phi) is 2.81. The Hall–Kier alpha value is -1.44. The van der Waals surface area contributed by atoms with Gasteiger partial charge >= 0.3 is 0 Å². The van der Waals surface area contributed by atoms with Gasteiger partial charge in [0.05, 0.1) is 5.41 Å². The molecule has 0 radical (unpaired) electrons. The van der Waals surface area contributed by atoms with Crippen LogP contribution in [0.2, 0.25) is 0 Å². The van der Waals surface area contributed by atoms with Crippen LogP contribution in [0.4, 0.5) is 0 Å². The first kappa shape index (κ1) is 11.6. The van der Waals surface area contributed by atoms with E-state index in [1.54, 1.807) is 0 Å². The highest BCUT2D eigenvalue weighted by Crippen LogP contribution is 2.52. The molecule has 94 valence electrons. The van der Waals surface area contributed by atoms with Crippen molar-refractivity contribution >= 4 is 11.6 Å². The normalized spacial score (nSPS) is 32.1. The van der Waals surface area contributed by atoms with Crippen molar-refractivity contribution in [2.24, 2.45) is 5.41 Å². The fourth-order valence-corrected chi connectivity index (χ4v) is 3.82. The summed E-state index contributed by atoms with van der Waals surface area (Å²) in [5, 5.41) is 0. The summed E-state index contributed by atoms with van der Waals surface area (Å²) in [6.07, 6.45) is 4.73. The molecule has 0 saturated heterocycles. The third kappa shape index (κ3) is 1.55. The quantitative estimate of drug-likeness (QED) is 0.708. The summed E-state index contributed by atoms with van der Waals surface area (Å²) < 4.78 is 0. The largest absolute Gasteiger partial charge is 0.299 e. The zero-order valence-electron chi connectivity index (χ0n) is 10.5. The molecule has 0 aliphatic heterocycles. The van der Waals surface area contributed by atoms with Crippen LogP contribution >= 0.6 is 0 Å². The van der Waals surface area contributed by atoms with Crippen LogP contribution in [0.1, 0.15) is 50.0 Å². The molecular weight excluding hydrogens is 224 g/mol. The van der Waals surface area contributed by atoms with Gasteiger partial charge in [-0.3, -0.25) is 9.59 Å². The monoisotopic (exact) mass is 242 g/mol. The van der Waals surface area contributed by atoms with E-state index < -0.39 is 5.41 Å². The molecule has 0 heterocycles. The molecular formula is C16H18O2. The highest BCUT2D eigenvalue weighted by atomic mass is 16.2. The molecule has 0 N–H and O–H groups in total. The fourth-order valence-electron chi connectivity index (χ4n) is 3.82. The summed E-state index contributed by atoms with van der Waals surface area (Å²) in [6, 6.07) is 10.1. The molecule has 0 amide bonds. The maximum absolute atomic E-state index is 12.4. The number of hydrogen-bond donors (Lipinski definition) is 0. The van der Waals surface area contributed by atoms with Crippen molar-refractivity contribution in [3.63, 3.8) is 0 Å². The van der Waals surface area contributed by atoms with Gasteiger partial charge in [0, 0.05) is 18.8 Å². The van der Waals surface area contributed by atoms with Gasteiger partial charge in [-0.1, -0.05) is 30.3 Å². The lowest BCUT2D eigenvalue weighted by molar-refractivity contribution is -0.142. The van der Waals surface area contributed by atoms with E-state index >= 15 is 0 Å². The van der Waals surface area contributed by atoms with Crippen LogP contribution < -0.4 is 0 Å². The summed E-state index contributed by atoms with van der Waals surface area (Å²) >= 11 is 0. The van der Waals surface area contributed by atoms with E-state index in [0.717, 1.165) is 25.7 Å². The Balaban J connectivity index is 2.06. The molecule has 2 aliphatic rings. The van der Waals surface area contributed by atoms with Crippen molar-refractivity contribution in [1.82, 2.24) is 0 Å². The SMILES string of the molecule is O=C1CCCC(c2ccccc2)C12CCCC2=O. The predicted molar refractivity (Wildman–Crippen MR) is 69.3 cm³/mol. The molecule has 2 unspecified atom stereocenters. The van der Waals surface area contributed by atoms with E-state index in [0.29, 0.717) is 12.8 Å². The van der Waals surface area contributed by atoms with Gasteiger partial charge in [0.15, 0.2) is 0 Å². The smallest absolute Gasteiger partial charge is 0.147 e. The minimum atomic E-state index is -0.667. The molecule has 2 heteroatoms. The second-order valence-electron chi connectivity index (χ2n) is 5.53. The summed E-state index contributed by atoms with van der Waals surface area (Å²) in [4.78, 5) is 24.7. The van der Waals surface area contributed by atoms with Crippen molar-refractivity contribution in [2.75, 3.05) is 0 Å². The van der Waals surface area contributed by atoms with E-state index in [2.05, 4.69) is 12.1 Å². The minimum absolute atomic E-state index is 0.120. The number of carbonyl (C=O) groups excluding carboxylic acids is 2. The van der Waals surface area contributed by atoms with Crippen LogP contribution in [-0.4, -0.2) is 11.6 Å². The van der Waals surface area contributed by atoms with Crippen molar-refractivity contribution in [3.05, 3.63) is 35.9 Å². The first-order valence-electron chi connectivity index (χ1n) is 6.87. The highest BCUT2D eigenvalue weighted by Gasteiger charge is 2.54. The zero-order chi connectivity index (χ0) is 12.6. The Bertz CT molecular complexity index is 477. The summed E-state index contributed by atoms with van der Waals surface area (Å²) in [5.74, 6) is 0.515. The Labute approximate surface area is 107 Å². The standard InChI is InChI=1S/C16H18O2/c17-14-9-4-8-13(12-6-2-1-3-7-12)16(14)11-5-10-15(16)18/h1-3,6-7,13H,4-5,8-11H2. The lowest BCUT2D eigenvalue weighted by Crippen LogP contribution is -2.43. The van der Waals surface area contributed by atoms with Crippen molar-refractivity contribution in [1.29, 1.82) is 0 Å². The Morgan fingerprint density at radius 3 is 2.28 bits per heavy atom. The van der Waals surface area contributed by atoms with E-state index in [1.165, 1.54) is 5.56 Å². The first-order valence-corrected chi connectivity index (χ1v) is 6.87. The number of rotatable bonds is 1. The molecule has 1 spiro atoms. The van der Waals surface area contributed by atoms with Crippen LogP contribution in [0.5, 0.6) is 0 Å². The average molecular weight is 242 g/mol. The topological polar surface area (TPSA) is 34.1 Å². The molecule has 1 aromatic rings. The number of ketones is 2. The van der Waals surface area contributed by atoms with Gasteiger partial charge in [0.1, 0.15) is 11.6 Å². The first-order chi connectivity index (χ1) is 8.75. The molecule has 1 aromatic carbocycles. The fraction of sp³-hybridized carbons (Fsp3) is 0.500. The Morgan fingerprint density at radius 2 is 1.61 bits per heavy atom. The van der Waals surface area contributed by atoms with Crippen LogP contribution in [0, 0.1) is 5.41 Å².